The quantitative estimate of drug-likeness (QED) is 0.113. The monoisotopic (exact) mass is 668 g/mol. The summed E-state index contributed by atoms with van der Waals surface area (Å²) in [5.74, 6) is 1.01. The molecule has 0 aliphatic carbocycles. The molecule has 8 nitrogen and oxygen atoms in total. The summed E-state index contributed by atoms with van der Waals surface area (Å²) in [4.78, 5) is 0. The van der Waals surface area contributed by atoms with E-state index >= 15 is 0 Å². The summed E-state index contributed by atoms with van der Waals surface area (Å²) in [6, 6.07) is 7.88. The zero-order valence-corrected chi connectivity index (χ0v) is 22.1. The van der Waals surface area contributed by atoms with Crippen LogP contribution in [0.25, 0.3) is 22.5 Å². The van der Waals surface area contributed by atoms with Crippen LogP contribution in [0.4, 0.5) is 0 Å². The lowest BCUT2D eigenvalue weighted by molar-refractivity contribution is -0.671. The minimum atomic E-state index is 0. The van der Waals surface area contributed by atoms with E-state index in [1.807, 2.05) is 72.3 Å². The van der Waals surface area contributed by atoms with Crippen LogP contribution in [0.2, 0.25) is 0 Å². The van der Waals surface area contributed by atoms with Gasteiger partial charge >= 0.3 is 0 Å². The van der Waals surface area contributed by atoms with Crippen LogP contribution < -0.4 is 66.6 Å². The Hall–Kier alpha value is -1.52. The van der Waals surface area contributed by atoms with Gasteiger partial charge in [-0.3, -0.25) is 0 Å². The van der Waals surface area contributed by atoms with E-state index in [1.54, 1.807) is 0 Å². The molecule has 0 fully saturated rings. The van der Waals surface area contributed by atoms with Crippen LogP contribution in [0.5, 0.6) is 11.8 Å². The molecule has 0 aliphatic rings. The molecule has 0 saturated heterocycles. The molecule has 0 radical (unpaired) electrons. The van der Waals surface area contributed by atoms with Gasteiger partial charge in [0.2, 0.25) is 0 Å². The SMILES string of the molecule is C[n+]1cccc(-c2nsnc2OCCOc2nsnc2-c2ccc[n+](C)c2)c1.[I-].[I-]. The molecule has 4 heterocycles. The van der Waals surface area contributed by atoms with Gasteiger partial charge in [-0.15, -0.1) is 8.75 Å². The summed E-state index contributed by atoms with van der Waals surface area (Å²) in [5.41, 5.74) is 3.37. The standard InChI is InChI=1S/C18H18N6O2S2.2HI/c1-23-7-3-5-13(11-23)15-17(21-27-19-15)25-9-10-26-18-16(20-28-22-18)14-6-4-8-24(2)12-14;;/h3-8,11-12H,9-10H2,1-2H3;2*1H/q+2;;/p-2. The molecule has 4 aromatic rings. The number of ether oxygens (including phenoxy) is 2. The number of pyridine rings is 2. The summed E-state index contributed by atoms with van der Waals surface area (Å²) in [5, 5.41) is 0. The third kappa shape index (κ3) is 6.01. The Labute approximate surface area is 216 Å². The molecule has 0 saturated carbocycles. The van der Waals surface area contributed by atoms with Crippen molar-refractivity contribution in [1.29, 1.82) is 0 Å². The van der Waals surface area contributed by atoms with Crippen molar-refractivity contribution >= 4 is 23.5 Å². The first-order chi connectivity index (χ1) is 13.7. The fourth-order valence-corrected chi connectivity index (χ4v) is 3.67. The third-order valence-corrected chi connectivity index (χ3v) is 4.93. The predicted octanol–water partition coefficient (Wildman–Crippen LogP) is -4.16. The van der Waals surface area contributed by atoms with Gasteiger partial charge in [-0.25, -0.2) is 9.13 Å². The second-order valence-corrected chi connectivity index (χ2v) is 7.11. The Bertz CT molecular complexity index is 1010. The van der Waals surface area contributed by atoms with Gasteiger partial charge in [0.05, 0.1) is 34.6 Å². The van der Waals surface area contributed by atoms with Crippen LogP contribution in [-0.4, -0.2) is 30.7 Å². The number of hydrogen-bond donors (Lipinski definition) is 0. The van der Waals surface area contributed by atoms with Crippen molar-refractivity contribution in [2.24, 2.45) is 14.1 Å². The summed E-state index contributed by atoms with van der Waals surface area (Å²) < 4.78 is 32.7. The first kappa shape index (κ1) is 24.7. The molecule has 0 aromatic carbocycles. The lowest BCUT2D eigenvalue weighted by atomic mass is 10.2. The van der Waals surface area contributed by atoms with Crippen LogP contribution in [0, 0.1) is 0 Å². The molecule has 0 unspecified atom stereocenters. The first-order valence-electron chi connectivity index (χ1n) is 8.53. The van der Waals surface area contributed by atoms with Gasteiger partial charge in [-0.2, -0.15) is 8.75 Å². The second-order valence-electron chi connectivity index (χ2n) is 6.05. The summed E-state index contributed by atoms with van der Waals surface area (Å²) in [6.45, 7) is 0.661. The van der Waals surface area contributed by atoms with Gasteiger partial charge < -0.3 is 57.4 Å². The lowest BCUT2D eigenvalue weighted by Crippen LogP contribution is -3.00. The number of hydrogen-bond acceptors (Lipinski definition) is 8. The van der Waals surface area contributed by atoms with E-state index < -0.39 is 0 Å². The minimum Gasteiger partial charge on any atom is -1.00 e. The molecule has 12 heteroatoms. The highest BCUT2D eigenvalue weighted by atomic mass is 127. The highest BCUT2D eigenvalue weighted by Gasteiger charge is 2.16. The highest BCUT2D eigenvalue weighted by Crippen LogP contribution is 2.28. The van der Waals surface area contributed by atoms with Gasteiger partial charge in [0.1, 0.15) is 27.3 Å². The largest absolute Gasteiger partial charge is 1.00 e. The Morgan fingerprint density at radius 3 is 1.57 bits per heavy atom. The van der Waals surface area contributed by atoms with E-state index in [2.05, 4.69) is 17.5 Å². The molecular formula is C18H18I2N6O2S2. The molecule has 0 spiro atoms. The van der Waals surface area contributed by atoms with Crippen LogP contribution in [0.15, 0.2) is 49.1 Å². The smallest absolute Gasteiger partial charge is 0.254 e. The normalized spacial score (nSPS) is 10.1. The average Bonchev–Trinajstić information content (AvgIpc) is 3.35. The fraction of sp³-hybridized carbons (Fsp3) is 0.222. The molecule has 0 N–H and O–H groups in total. The highest BCUT2D eigenvalue weighted by molar-refractivity contribution is 6.99. The van der Waals surface area contributed by atoms with Gasteiger partial charge in [-0.1, -0.05) is 0 Å². The summed E-state index contributed by atoms with van der Waals surface area (Å²) in [6.07, 6.45) is 7.88. The Balaban J connectivity index is 0.00000160. The van der Waals surface area contributed by atoms with E-state index in [-0.39, 0.29) is 48.0 Å². The van der Waals surface area contributed by atoms with Gasteiger partial charge in [-0.05, 0) is 12.1 Å². The van der Waals surface area contributed by atoms with Gasteiger partial charge in [0.25, 0.3) is 11.8 Å². The zero-order valence-electron chi connectivity index (χ0n) is 16.1. The topological polar surface area (TPSA) is 77.8 Å². The number of rotatable bonds is 7. The Kier molecular flexibility index (Phi) is 9.70. The summed E-state index contributed by atoms with van der Waals surface area (Å²) in [7, 11) is 3.92. The predicted molar refractivity (Wildman–Crippen MR) is 104 cm³/mol. The van der Waals surface area contributed by atoms with Crippen molar-refractivity contribution < 1.29 is 66.6 Å². The maximum atomic E-state index is 5.79. The van der Waals surface area contributed by atoms with Crippen molar-refractivity contribution in [3.8, 4) is 34.3 Å². The molecule has 158 valence electrons. The van der Waals surface area contributed by atoms with Crippen molar-refractivity contribution in [3.63, 3.8) is 0 Å². The van der Waals surface area contributed by atoms with Crippen molar-refractivity contribution in [1.82, 2.24) is 17.5 Å². The Morgan fingerprint density at radius 1 is 0.733 bits per heavy atom. The molecule has 0 bridgehead atoms. The molecule has 30 heavy (non-hydrogen) atoms. The van der Waals surface area contributed by atoms with Crippen LogP contribution in [0.1, 0.15) is 0 Å². The maximum absolute atomic E-state index is 5.79. The van der Waals surface area contributed by atoms with E-state index in [0.717, 1.165) is 46.0 Å². The average molecular weight is 668 g/mol. The van der Waals surface area contributed by atoms with Crippen molar-refractivity contribution in [2.75, 3.05) is 13.2 Å². The van der Waals surface area contributed by atoms with Crippen LogP contribution in [0.3, 0.4) is 0 Å². The molecule has 4 rings (SSSR count). The fourth-order valence-electron chi connectivity index (χ4n) is 2.64. The van der Waals surface area contributed by atoms with Crippen LogP contribution in [-0.2, 0) is 14.1 Å². The molecule has 0 aliphatic heterocycles. The van der Waals surface area contributed by atoms with E-state index in [1.165, 1.54) is 0 Å². The molecule has 4 aromatic heterocycles. The van der Waals surface area contributed by atoms with Gasteiger partial charge in [0.15, 0.2) is 36.2 Å². The van der Waals surface area contributed by atoms with E-state index in [0.29, 0.717) is 25.0 Å². The maximum Gasteiger partial charge on any atom is 0.254 e. The van der Waals surface area contributed by atoms with E-state index in [9.17, 15) is 0 Å². The Morgan fingerprint density at radius 2 is 1.17 bits per heavy atom. The number of halogens is 2. The van der Waals surface area contributed by atoms with Crippen molar-refractivity contribution in [3.05, 3.63) is 49.1 Å². The number of aromatic nitrogens is 6. The lowest BCUT2D eigenvalue weighted by Gasteiger charge is -2.06. The van der Waals surface area contributed by atoms with Crippen molar-refractivity contribution in [2.45, 2.75) is 0 Å². The molecule has 0 atom stereocenters. The number of nitrogens with zero attached hydrogens (tertiary/aromatic N) is 6. The first-order valence-corrected chi connectivity index (χ1v) is 9.99. The van der Waals surface area contributed by atoms with E-state index in [4.69, 9.17) is 9.47 Å². The number of aryl methyl sites for hydroxylation is 2. The second kappa shape index (κ2) is 11.8. The van der Waals surface area contributed by atoms with Gasteiger partial charge in [0, 0.05) is 12.1 Å². The molecular weight excluding hydrogens is 650 g/mol. The minimum absolute atomic E-state index is 0. The zero-order chi connectivity index (χ0) is 19.3. The third-order valence-electron chi connectivity index (χ3n) is 3.90. The van der Waals surface area contributed by atoms with Crippen LogP contribution >= 0.6 is 23.5 Å². The molecule has 0 amide bonds. The summed E-state index contributed by atoms with van der Waals surface area (Å²) >= 11 is 2.25.